The second kappa shape index (κ2) is 32.5. The van der Waals surface area contributed by atoms with Gasteiger partial charge in [0.15, 0.2) is 11.2 Å². The molecule has 0 heterocycles. The van der Waals surface area contributed by atoms with Gasteiger partial charge in [0.1, 0.15) is 6.61 Å². The van der Waals surface area contributed by atoms with Crippen molar-refractivity contribution in [1.29, 1.82) is 0 Å². The van der Waals surface area contributed by atoms with Gasteiger partial charge in [0, 0.05) is 25.5 Å². The Morgan fingerprint density at radius 3 is 1.59 bits per heavy atom. The molecule has 0 rings (SSSR count). The molecule has 1 atom stereocenters. The molecule has 0 N–H and O–H groups in total. The van der Waals surface area contributed by atoms with Crippen molar-refractivity contribution in [1.82, 2.24) is 0 Å². The van der Waals surface area contributed by atoms with Crippen molar-refractivity contribution in [2.75, 3.05) is 19.0 Å². The molecule has 0 unspecified atom stereocenters. The molecule has 0 saturated carbocycles. The maximum Gasteiger partial charge on any atom is 1.00 e. The zero-order chi connectivity index (χ0) is 29.2. The molecule has 0 spiro atoms. The summed E-state index contributed by atoms with van der Waals surface area (Å²) in [6, 6.07) is 0. The molecular formula is C28H51Na2O9PS. The van der Waals surface area contributed by atoms with Crippen LogP contribution in [-0.2, 0) is 32.9 Å². The fourth-order valence-corrected chi connectivity index (χ4v) is 5.01. The molecule has 0 aliphatic heterocycles. The number of carbonyl (C=O) groups is 3. The smallest absolute Gasteiger partial charge is 0.790 e. The van der Waals surface area contributed by atoms with Crippen molar-refractivity contribution in [3.05, 3.63) is 0 Å². The zero-order valence-corrected chi connectivity index (χ0v) is 31.9. The third-order valence-corrected chi connectivity index (χ3v) is 7.58. The summed E-state index contributed by atoms with van der Waals surface area (Å²) in [6.07, 6.45) is 17.5. The van der Waals surface area contributed by atoms with E-state index in [-0.39, 0.29) is 83.7 Å². The van der Waals surface area contributed by atoms with E-state index >= 15 is 0 Å². The third-order valence-electron chi connectivity index (χ3n) is 6.21. The Hall–Kier alpha value is 1.07. The molecule has 0 aliphatic rings. The van der Waals surface area contributed by atoms with Crippen molar-refractivity contribution >= 4 is 36.6 Å². The standard InChI is InChI=1S/C28H53O9PS.2Na/c1-3-4-5-14-18-21-28(31)37-26(24-36-38(32,33)34)23-35-27(30)20-17-15-12-10-8-6-7-9-11-13-16-19-22-39-25(2)29;;/h26H,3-24H2,1-2H3,(H2,32,33,34);;/q;2*+1/p-2/t26-;;/m0../s1. The van der Waals surface area contributed by atoms with Gasteiger partial charge in [0.25, 0.3) is 0 Å². The summed E-state index contributed by atoms with van der Waals surface area (Å²) in [5.74, 6) is -0.0574. The van der Waals surface area contributed by atoms with Crippen LogP contribution in [-0.4, -0.2) is 42.1 Å². The van der Waals surface area contributed by atoms with Crippen molar-refractivity contribution in [3.63, 3.8) is 0 Å². The number of rotatable bonds is 27. The van der Waals surface area contributed by atoms with Crippen molar-refractivity contribution in [3.8, 4) is 0 Å². The van der Waals surface area contributed by atoms with E-state index in [0.717, 1.165) is 57.1 Å². The minimum absolute atomic E-state index is 0. The van der Waals surface area contributed by atoms with Gasteiger partial charge in [0.05, 0.1) is 14.4 Å². The molecule has 0 bridgehead atoms. The number of ether oxygens (including phenoxy) is 2. The Morgan fingerprint density at radius 1 is 0.683 bits per heavy atom. The van der Waals surface area contributed by atoms with Crippen molar-refractivity contribution < 1.29 is 102 Å². The molecule has 41 heavy (non-hydrogen) atoms. The molecular weight excluding hydrogens is 589 g/mol. The average Bonchev–Trinajstić information content (AvgIpc) is 2.87. The van der Waals surface area contributed by atoms with Gasteiger partial charge in [-0.1, -0.05) is 109 Å². The summed E-state index contributed by atoms with van der Waals surface area (Å²) in [7, 11) is -5.23. The maximum atomic E-state index is 12.1. The van der Waals surface area contributed by atoms with Crippen LogP contribution < -0.4 is 68.9 Å². The fraction of sp³-hybridized carbons (Fsp3) is 0.893. The topological polar surface area (TPSA) is 142 Å². The van der Waals surface area contributed by atoms with E-state index in [1.54, 1.807) is 6.92 Å². The van der Waals surface area contributed by atoms with Crippen LogP contribution in [0.25, 0.3) is 0 Å². The first-order valence-corrected chi connectivity index (χ1v) is 17.2. The van der Waals surface area contributed by atoms with Crippen LogP contribution in [0.2, 0.25) is 0 Å². The first-order valence-electron chi connectivity index (χ1n) is 14.8. The summed E-state index contributed by atoms with van der Waals surface area (Å²) in [6.45, 7) is 2.69. The monoisotopic (exact) mass is 640 g/mol. The molecule has 230 valence electrons. The van der Waals surface area contributed by atoms with E-state index < -0.39 is 32.5 Å². The molecule has 0 amide bonds. The van der Waals surface area contributed by atoms with Gasteiger partial charge >= 0.3 is 71.1 Å². The number of hydrogen-bond acceptors (Lipinski definition) is 10. The second-order valence-corrected chi connectivity index (χ2v) is 12.5. The first-order chi connectivity index (χ1) is 18.6. The van der Waals surface area contributed by atoms with E-state index in [1.165, 1.54) is 56.7 Å². The molecule has 0 aromatic carbocycles. The zero-order valence-electron chi connectivity index (χ0n) is 26.2. The van der Waals surface area contributed by atoms with Gasteiger partial charge < -0.3 is 28.3 Å². The van der Waals surface area contributed by atoms with E-state index in [1.807, 2.05) is 0 Å². The Balaban J connectivity index is -0.00000722. The summed E-state index contributed by atoms with van der Waals surface area (Å²) >= 11 is 1.41. The summed E-state index contributed by atoms with van der Waals surface area (Å²) in [5, 5.41) is 0.201. The quantitative estimate of drug-likeness (QED) is 0.0522. The number of unbranched alkanes of at least 4 members (excludes halogenated alkanes) is 15. The molecule has 0 aromatic rings. The Morgan fingerprint density at radius 2 is 1.12 bits per heavy atom. The van der Waals surface area contributed by atoms with Crippen LogP contribution in [0, 0.1) is 0 Å². The van der Waals surface area contributed by atoms with E-state index in [0.29, 0.717) is 12.8 Å². The van der Waals surface area contributed by atoms with Crippen LogP contribution in [0.5, 0.6) is 0 Å². The molecule has 0 fully saturated rings. The van der Waals surface area contributed by atoms with Crippen molar-refractivity contribution in [2.24, 2.45) is 0 Å². The van der Waals surface area contributed by atoms with Gasteiger partial charge in [-0.05, 0) is 19.3 Å². The van der Waals surface area contributed by atoms with Gasteiger partial charge in [-0.25, -0.2) is 0 Å². The SMILES string of the molecule is CCCCCCCC(=O)O[C@@H](COC(=O)CCCCCCCCCCCCCCSC(C)=O)COP(=O)([O-])[O-].[Na+].[Na+]. The normalized spacial score (nSPS) is 11.7. The van der Waals surface area contributed by atoms with Crippen molar-refractivity contribution in [2.45, 2.75) is 142 Å². The molecule has 0 saturated heterocycles. The third kappa shape index (κ3) is 37.2. The Bertz CT molecular complexity index is 695. The van der Waals surface area contributed by atoms with E-state index in [9.17, 15) is 28.7 Å². The van der Waals surface area contributed by atoms with Crippen LogP contribution in [0.3, 0.4) is 0 Å². The minimum Gasteiger partial charge on any atom is -0.790 e. The minimum atomic E-state index is -5.23. The van der Waals surface area contributed by atoms with Crippen LogP contribution in [0.1, 0.15) is 136 Å². The summed E-state index contributed by atoms with van der Waals surface area (Å²) < 4.78 is 25.4. The first kappa shape index (κ1) is 46.5. The number of esters is 2. The van der Waals surface area contributed by atoms with E-state index in [4.69, 9.17) is 9.47 Å². The Kier molecular flexibility index (Phi) is 36.8. The van der Waals surface area contributed by atoms with Gasteiger partial charge in [-0.2, -0.15) is 0 Å². The maximum absolute atomic E-state index is 12.1. The molecule has 9 nitrogen and oxygen atoms in total. The van der Waals surface area contributed by atoms with Crippen LogP contribution in [0.15, 0.2) is 0 Å². The fourth-order valence-electron chi connectivity index (χ4n) is 4.02. The van der Waals surface area contributed by atoms with Gasteiger partial charge in [0.2, 0.25) is 0 Å². The summed E-state index contributed by atoms with van der Waals surface area (Å²) in [5.41, 5.74) is 0. The van der Waals surface area contributed by atoms with Crippen LogP contribution >= 0.6 is 19.6 Å². The Labute approximate surface area is 297 Å². The average molecular weight is 641 g/mol. The van der Waals surface area contributed by atoms with Crippen LogP contribution in [0.4, 0.5) is 0 Å². The molecule has 13 heteroatoms. The molecule has 0 aromatic heterocycles. The largest absolute Gasteiger partial charge is 1.00 e. The summed E-state index contributed by atoms with van der Waals surface area (Å²) in [4.78, 5) is 56.6. The number of phosphoric acid groups is 1. The molecule has 0 aliphatic carbocycles. The number of hydrogen-bond donors (Lipinski definition) is 0. The predicted octanol–water partition coefficient (Wildman–Crippen LogP) is 0.00620. The van der Waals surface area contributed by atoms with Gasteiger partial charge in [-0.3, -0.25) is 14.4 Å². The van der Waals surface area contributed by atoms with Gasteiger partial charge in [-0.15, -0.1) is 0 Å². The number of carbonyl (C=O) groups excluding carboxylic acids is 3. The van der Waals surface area contributed by atoms with E-state index in [2.05, 4.69) is 11.4 Å². The predicted molar refractivity (Wildman–Crippen MR) is 151 cm³/mol. The number of thioether (sulfide) groups is 1. The number of phosphoric ester groups is 1. The second-order valence-electron chi connectivity index (χ2n) is 10.0. The molecule has 0 radical (unpaired) electrons.